The van der Waals surface area contributed by atoms with Crippen molar-refractivity contribution in [1.29, 1.82) is 0 Å². The van der Waals surface area contributed by atoms with Gasteiger partial charge in [0.15, 0.2) is 5.11 Å². The molecule has 3 N–H and O–H groups in total. The molecule has 0 aromatic heterocycles. The predicted octanol–water partition coefficient (Wildman–Crippen LogP) is 1.44. The lowest BCUT2D eigenvalue weighted by molar-refractivity contribution is 0.0942. The smallest absolute Gasteiger partial charge is 0.270 e. The highest BCUT2D eigenvalue weighted by atomic mass is 127. The molecule has 1 amide bonds. The van der Waals surface area contributed by atoms with Crippen LogP contribution in [0.2, 0.25) is 0 Å². The van der Waals surface area contributed by atoms with E-state index < -0.39 is 0 Å². The van der Waals surface area contributed by atoms with Crippen molar-refractivity contribution in [2.45, 2.75) is 6.42 Å². The minimum absolute atomic E-state index is 0.217. The molecule has 0 aliphatic rings. The molecular formula is C12H16IN3O2S. The summed E-state index contributed by atoms with van der Waals surface area (Å²) in [4.78, 5) is 11.9. The summed E-state index contributed by atoms with van der Waals surface area (Å²) in [6, 6.07) is 7.33. The number of hydrogen-bond acceptors (Lipinski definition) is 3. The fourth-order valence-electron chi connectivity index (χ4n) is 1.29. The van der Waals surface area contributed by atoms with Gasteiger partial charge in [-0.25, -0.2) is 0 Å². The number of rotatable bonds is 5. The monoisotopic (exact) mass is 393 g/mol. The first-order valence-corrected chi connectivity index (χ1v) is 7.21. The lowest BCUT2D eigenvalue weighted by Gasteiger charge is -2.11. The normalized spacial score (nSPS) is 9.79. The number of ether oxygens (including phenoxy) is 1. The molecule has 5 nitrogen and oxygen atoms in total. The molecule has 0 aliphatic heterocycles. The van der Waals surface area contributed by atoms with Crippen LogP contribution in [0.25, 0.3) is 0 Å². The molecular weight excluding hydrogens is 377 g/mol. The molecule has 104 valence electrons. The van der Waals surface area contributed by atoms with Crippen LogP contribution in [0.3, 0.4) is 0 Å². The third-order valence-electron chi connectivity index (χ3n) is 2.22. The van der Waals surface area contributed by atoms with Crippen LogP contribution in [-0.4, -0.2) is 31.3 Å². The Morgan fingerprint density at radius 3 is 2.79 bits per heavy atom. The lowest BCUT2D eigenvalue weighted by atomic mass is 10.2. The summed E-state index contributed by atoms with van der Waals surface area (Å²) in [5, 5.41) is 3.35. The number of hydrazine groups is 1. The molecule has 0 radical (unpaired) electrons. The van der Waals surface area contributed by atoms with Crippen molar-refractivity contribution in [3.05, 3.63) is 33.4 Å². The second-order valence-electron chi connectivity index (χ2n) is 3.66. The molecule has 0 heterocycles. The number of benzene rings is 1. The van der Waals surface area contributed by atoms with E-state index in [9.17, 15) is 4.79 Å². The van der Waals surface area contributed by atoms with Gasteiger partial charge in [0.05, 0.1) is 5.56 Å². The van der Waals surface area contributed by atoms with E-state index >= 15 is 0 Å². The van der Waals surface area contributed by atoms with Gasteiger partial charge >= 0.3 is 0 Å². The van der Waals surface area contributed by atoms with E-state index in [1.165, 1.54) is 0 Å². The Morgan fingerprint density at radius 1 is 1.37 bits per heavy atom. The molecule has 7 heteroatoms. The van der Waals surface area contributed by atoms with E-state index in [0.29, 0.717) is 23.8 Å². The zero-order chi connectivity index (χ0) is 14.1. The van der Waals surface area contributed by atoms with Gasteiger partial charge in [0, 0.05) is 23.8 Å². The van der Waals surface area contributed by atoms with Gasteiger partial charge in [-0.3, -0.25) is 15.6 Å². The van der Waals surface area contributed by atoms with Crippen LogP contribution in [0.1, 0.15) is 16.8 Å². The number of amides is 1. The van der Waals surface area contributed by atoms with Gasteiger partial charge in [0.2, 0.25) is 0 Å². The van der Waals surface area contributed by atoms with Crippen LogP contribution in [0.4, 0.5) is 0 Å². The second kappa shape index (κ2) is 9.05. The first-order chi connectivity index (χ1) is 9.15. The lowest BCUT2D eigenvalue weighted by Crippen LogP contribution is -2.47. The van der Waals surface area contributed by atoms with E-state index in [0.717, 1.165) is 9.99 Å². The van der Waals surface area contributed by atoms with Crippen molar-refractivity contribution >= 4 is 45.8 Å². The quantitative estimate of drug-likeness (QED) is 0.306. The van der Waals surface area contributed by atoms with Crippen LogP contribution >= 0.6 is 34.8 Å². The molecule has 0 spiro atoms. The van der Waals surface area contributed by atoms with Crippen molar-refractivity contribution < 1.29 is 9.53 Å². The van der Waals surface area contributed by atoms with Gasteiger partial charge in [-0.05, 0) is 53.4 Å². The molecule has 1 aromatic rings. The van der Waals surface area contributed by atoms with Crippen LogP contribution in [-0.2, 0) is 4.74 Å². The van der Waals surface area contributed by atoms with Crippen molar-refractivity contribution in [3.8, 4) is 0 Å². The number of methoxy groups -OCH3 is 1. The van der Waals surface area contributed by atoms with Crippen LogP contribution in [0.5, 0.6) is 0 Å². The fraction of sp³-hybridized carbons (Fsp3) is 0.333. The minimum atomic E-state index is -0.217. The summed E-state index contributed by atoms with van der Waals surface area (Å²) in [5.74, 6) is -0.217. The van der Waals surface area contributed by atoms with Crippen LogP contribution < -0.4 is 16.2 Å². The average molecular weight is 393 g/mol. The Hall–Kier alpha value is -0.930. The molecule has 0 saturated heterocycles. The Bertz CT molecular complexity index is 443. The standard InChI is InChI=1S/C12H16IN3O2S/c1-18-8-4-7-14-12(19)16-15-11(17)9-5-2-3-6-10(9)13/h2-3,5-6H,4,7-8H2,1H3,(H,15,17)(H2,14,16,19). The highest BCUT2D eigenvalue weighted by Gasteiger charge is 2.08. The third kappa shape index (κ3) is 6.17. The molecule has 1 rings (SSSR count). The van der Waals surface area contributed by atoms with E-state index in [-0.39, 0.29) is 5.91 Å². The molecule has 0 aliphatic carbocycles. The summed E-state index contributed by atoms with van der Waals surface area (Å²) in [6.07, 6.45) is 0.850. The SMILES string of the molecule is COCCCNC(=S)NNC(=O)c1ccccc1I. The summed E-state index contributed by atoms with van der Waals surface area (Å²) < 4.78 is 5.81. The van der Waals surface area contributed by atoms with Gasteiger partial charge in [-0.2, -0.15) is 0 Å². The molecule has 1 aromatic carbocycles. The predicted molar refractivity (Wildman–Crippen MR) is 86.9 cm³/mol. The molecule has 0 atom stereocenters. The summed E-state index contributed by atoms with van der Waals surface area (Å²) >= 11 is 7.14. The van der Waals surface area contributed by atoms with Crippen molar-refractivity contribution in [3.63, 3.8) is 0 Å². The first kappa shape index (κ1) is 16.1. The Balaban J connectivity index is 2.30. The maximum atomic E-state index is 11.9. The van der Waals surface area contributed by atoms with E-state index in [4.69, 9.17) is 17.0 Å². The van der Waals surface area contributed by atoms with Gasteiger partial charge in [0.25, 0.3) is 5.91 Å². The molecule has 19 heavy (non-hydrogen) atoms. The number of carbonyl (C=O) groups is 1. The van der Waals surface area contributed by atoms with E-state index in [1.807, 2.05) is 18.2 Å². The summed E-state index contributed by atoms with van der Waals surface area (Å²) in [7, 11) is 1.65. The van der Waals surface area contributed by atoms with E-state index in [1.54, 1.807) is 13.2 Å². The van der Waals surface area contributed by atoms with Crippen LogP contribution in [0.15, 0.2) is 24.3 Å². The largest absolute Gasteiger partial charge is 0.385 e. The van der Waals surface area contributed by atoms with Crippen LogP contribution in [0, 0.1) is 3.57 Å². The fourth-order valence-corrected chi connectivity index (χ4v) is 2.07. The average Bonchev–Trinajstić information content (AvgIpc) is 2.41. The molecule has 0 unspecified atom stereocenters. The number of carbonyl (C=O) groups excluding carboxylic acids is 1. The molecule has 0 bridgehead atoms. The van der Waals surface area contributed by atoms with Gasteiger partial charge in [-0.1, -0.05) is 12.1 Å². The zero-order valence-corrected chi connectivity index (χ0v) is 13.5. The number of nitrogens with one attached hydrogen (secondary N) is 3. The first-order valence-electron chi connectivity index (χ1n) is 5.73. The highest BCUT2D eigenvalue weighted by Crippen LogP contribution is 2.10. The van der Waals surface area contributed by atoms with E-state index in [2.05, 4.69) is 38.8 Å². The Labute approximate surface area is 131 Å². The highest BCUT2D eigenvalue weighted by molar-refractivity contribution is 14.1. The molecule has 0 fully saturated rings. The number of thiocarbonyl (C=S) groups is 1. The minimum Gasteiger partial charge on any atom is -0.385 e. The van der Waals surface area contributed by atoms with Crippen molar-refractivity contribution in [2.75, 3.05) is 20.3 Å². The Kier molecular flexibility index (Phi) is 7.68. The van der Waals surface area contributed by atoms with Gasteiger partial charge in [-0.15, -0.1) is 0 Å². The Morgan fingerprint density at radius 2 is 2.11 bits per heavy atom. The number of halogens is 1. The maximum absolute atomic E-state index is 11.9. The van der Waals surface area contributed by atoms with Crippen molar-refractivity contribution in [1.82, 2.24) is 16.2 Å². The zero-order valence-electron chi connectivity index (χ0n) is 10.5. The topological polar surface area (TPSA) is 62.4 Å². The van der Waals surface area contributed by atoms with Crippen molar-refractivity contribution in [2.24, 2.45) is 0 Å². The maximum Gasteiger partial charge on any atom is 0.270 e. The van der Waals surface area contributed by atoms with Gasteiger partial charge in [0.1, 0.15) is 0 Å². The summed E-state index contributed by atoms with van der Waals surface area (Å²) in [5.41, 5.74) is 5.82. The number of hydrogen-bond donors (Lipinski definition) is 3. The van der Waals surface area contributed by atoms with Gasteiger partial charge < -0.3 is 10.1 Å². The third-order valence-corrected chi connectivity index (χ3v) is 3.41. The molecule has 0 saturated carbocycles. The second-order valence-corrected chi connectivity index (χ2v) is 5.23. The summed E-state index contributed by atoms with van der Waals surface area (Å²) in [6.45, 7) is 1.36.